The van der Waals surface area contributed by atoms with E-state index in [1.54, 1.807) is 14.0 Å². The minimum atomic E-state index is 0.117. The van der Waals surface area contributed by atoms with Gasteiger partial charge in [-0.3, -0.25) is 9.59 Å². The van der Waals surface area contributed by atoms with E-state index in [-0.39, 0.29) is 17.6 Å². The predicted octanol–water partition coefficient (Wildman–Crippen LogP) is 8.78. The lowest BCUT2D eigenvalue weighted by atomic mass is 9.80. The summed E-state index contributed by atoms with van der Waals surface area (Å²) < 4.78 is 6.30. The van der Waals surface area contributed by atoms with Crippen LogP contribution in [0.4, 0.5) is 11.4 Å². The Labute approximate surface area is 261 Å². The lowest BCUT2D eigenvalue weighted by Crippen LogP contribution is -2.27. The third-order valence-corrected chi connectivity index (χ3v) is 9.26. The Hall–Kier alpha value is -2.64. The number of ketones is 1. The highest BCUT2D eigenvalue weighted by atomic mass is 79.9. The highest BCUT2D eigenvalue weighted by Gasteiger charge is 2.25. The van der Waals surface area contributed by atoms with Crippen LogP contribution >= 0.6 is 15.9 Å². The number of nitrogens with zero attached hydrogens (tertiary/aromatic N) is 1. The molecule has 4 rings (SSSR count). The minimum Gasteiger partial charge on any atom is -0.496 e. The minimum absolute atomic E-state index is 0.117. The van der Waals surface area contributed by atoms with Crippen LogP contribution in [0.5, 0.6) is 5.75 Å². The molecule has 2 N–H and O–H groups in total. The number of carbonyl (C=O) groups excluding carboxylic acids is 2. The number of ether oxygens (including phenoxy) is 1. The first-order chi connectivity index (χ1) is 20.1. The molecule has 230 valence electrons. The van der Waals surface area contributed by atoms with E-state index < -0.39 is 0 Å². The summed E-state index contributed by atoms with van der Waals surface area (Å²) >= 11 is 3.62. The van der Waals surface area contributed by atoms with Crippen LogP contribution in [0, 0.1) is 18.8 Å². The van der Waals surface area contributed by atoms with Gasteiger partial charge in [0.05, 0.1) is 7.11 Å². The number of halogens is 1. The summed E-state index contributed by atoms with van der Waals surface area (Å²) in [6, 6.07) is 9.88. The van der Waals surface area contributed by atoms with E-state index >= 15 is 0 Å². The number of aryl methyl sites for hydroxylation is 1. The summed E-state index contributed by atoms with van der Waals surface area (Å²) in [5.41, 5.74) is 7.58. The summed E-state index contributed by atoms with van der Waals surface area (Å²) in [4.78, 5) is 26.4. The van der Waals surface area contributed by atoms with E-state index in [1.165, 1.54) is 49.8 Å². The number of rotatable bonds is 10. The topological polar surface area (TPSA) is 70.7 Å². The van der Waals surface area contributed by atoms with Gasteiger partial charge < -0.3 is 20.3 Å². The number of Topliss-reactive ketones (excluding diaryl/α,β-unsaturated/α-hetero) is 1. The van der Waals surface area contributed by atoms with Crippen molar-refractivity contribution in [2.24, 2.45) is 11.8 Å². The van der Waals surface area contributed by atoms with Crippen LogP contribution in [0.3, 0.4) is 0 Å². The molecule has 6 nitrogen and oxygen atoms in total. The SMILES string of the molecule is CCC1CCC(C(=O)Nc2ccc(C)c(OC)c2)CC1.CCc1c(Br)cc(NC(CN(C)C)=C2CCC2)cc1C(C)=O. The van der Waals surface area contributed by atoms with Crippen molar-refractivity contribution in [3.05, 3.63) is 62.8 Å². The van der Waals surface area contributed by atoms with E-state index in [0.29, 0.717) is 0 Å². The summed E-state index contributed by atoms with van der Waals surface area (Å²) in [5, 5.41) is 6.58. The third-order valence-electron chi connectivity index (χ3n) is 8.55. The van der Waals surface area contributed by atoms with Crippen molar-refractivity contribution in [2.45, 2.75) is 85.5 Å². The number of methoxy groups -OCH3 is 1. The summed E-state index contributed by atoms with van der Waals surface area (Å²) in [6.07, 6.45) is 10.2. The van der Waals surface area contributed by atoms with Crippen molar-refractivity contribution in [3.63, 3.8) is 0 Å². The van der Waals surface area contributed by atoms with Crippen molar-refractivity contribution in [1.82, 2.24) is 4.90 Å². The van der Waals surface area contributed by atoms with Gasteiger partial charge >= 0.3 is 0 Å². The van der Waals surface area contributed by atoms with Crippen LogP contribution in [0.15, 0.2) is 46.1 Å². The highest BCUT2D eigenvalue weighted by molar-refractivity contribution is 9.10. The second-order valence-electron chi connectivity index (χ2n) is 12.0. The first kappa shape index (κ1) is 33.9. The molecular formula is C35H50BrN3O3. The van der Waals surface area contributed by atoms with Crippen molar-refractivity contribution < 1.29 is 14.3 Å². The van der Waals surface area contributed by atoms with Crippen LogP contribution < -0.4 is 15.4 Å². The number of nitrogens with one attached hydrogen (secondary N) is 2. The molecule has 2 aliphatic carbocycles. The molecule has 2 aromatic carbocycles. The normalized spacial score (nSPS) is 18.0. The van der Waals surface area contributed by atoms with Gasteiger partial charge in [0.15, 0.2) is 5.78 Å². The number of anilines is 2. The fourth-order valence-electron chi connectivity index (χ4n) is 5.74. The molecule has 42 heavy (non-hydrogen) atoms. The Balaban J connectivity index is 0.000000231. The van der Waals surface area contributed by atoms with Gasteiger partial charge in [-0.2, -0.15) is 0 Å². The van der Waals surface area contributed by atoms with Gasteiger partial charge in [-0.05, 0) is 120 Å². The first-order valence-electron chi connectivity index (χ1n) is 15.5. The molecule has 0 heterocycles. The van der Waals surface area contributed by atoms with Crippen LogP contribution in [-0.2, 0) is 11.2 Å². The summed E-state index contributed by atoms with van der Waals surface area (Å²) in [7, 11) is 5.82. The fraction of sp³-hybridized carbons (Fsp3) is 0.543. The summed E-state index contributed by atoms with van der Waals surface area (Å²) in [6.45, 7) is 8.85. The number of hydrogen-bond acceptors (Lipinski definition) is 5. The Morgan fingerprint density at radius 3 is 2.21 bits per heavy atom. The fourth-order valence-corrected chi connectivity index (χ4v) is 6.48. The Morgan fingerprint density at radius 1 is 1.00 bits per heavy atom. The predicted molar refractivity (Wildman–Crippen MR) is 179 cm³/mol. The largest absolute Gasteiger partial charge is 0.496 e. The Morgan fingerprint density at radius 2 is 1.69 bits per heavy atom. The van der Waals surface area contributed by atoms with Crippen molar-refractivity contribution >= 4 is 39.0 Å². The van der Waals surface area contributed by atoms with E-state index in [2.05, 4.69) is 65.5 Å². The van der Waals surface area contributed by atoms with Crippen molar-refractivity contribution in [3.8, 4) is 5.75 Å². The van der Waals surface area contributed by atoms with Gasteiger partial charge in [0.2, 0.25) is 5.91 Å². The number of likely N-dealkylation sites (N-methyl/N-ethyl adjacent to an activating group) is 1. The molecule has 1 amide bonds. The van der Waals surface area contributed by atoms with E-state index in [9.17, 15) is 9.59 Å². The van der Waals surface area contributed by atoms with Crippen molar-refractivity contribution in [2.75, 3.05) is 38.4 Å². The number of allylic oxidation sites excluding steroid dienone is 1. The molecule has 0 atom stereocenters. The number of benzene rings is 2. The molecule has 2 aliphatic rings. The monoisotopic (exact) mass is 639 g/mol. The zero-order valence-corrected chi connectivity index (χ0v) is 28.2. The van der Waals surface area contributed by atoms with E-state index in [1.807, 2.05) is 31.2 Å². The van der Waals surface area contributed by atoms with Gasteiger partial charge in [0.1, 0.15) is 5.75 Å². The maximum Gasteiger partial charge on any atom is 0.227 e. The standard InChI is InChI=1S/C18H25BrN2O.C17H25NO2/c1-5-15-16(12(2)22)9-14(10-17(15)19)20-18(11-21(3)4)13-7-6-8-13;1-4-13-6-8-14(9-7-13)17(19)18-15-10-5-12(2)16(11-15)20-3/h9-10,20H,5-8,11H2,1-4H3;5,10-11,13-14H,4,6-9H2,1-3H3,(H,18,19). The number of amides is 1. The number of hydrogen-bond donors (Lipinski definition) is 2. The average molecular weight is 641 g/mol. The van der Waals surface area contributed by atoms with Crippen LogP contribution in [-0.4, -0.2) is 44.3 Å². The Bertz CT molecular complexity index is 1260. The van der Waals surface area contributed by atoms with Crippen LogP contribution in [0.1, 0.15) is 93.6 Å². The maximum absolute atomic E-state index is 12.3. The Kier molecular flexibility index (Phi) is 13.1. The molecule has 0 unspecified atom stereocenters. The number of carbonyl (C=O) groups is 2. The molecule has 0 spiro atoms. The van der Waals surface area contributed by atoms with Gasteiger partial charge in [-0.15, -0.1) is 0 Å². The molecule has 0 aliphatic heterocycles. The van der Waals surface area contributed by atoms with Crippen LogP contribution in [0.2, 0.25) is 0 Å². The van der Waals surface area contributed by atoms with Gasteiger partial charge in [-0.25, -0.2) is 0 Å². The second-order valence-corrected chi connectivity index (χ2v) is 12.8. The van der Waals surface area contributed by atoms with E-state index in [0.717, 1.165) is 70.0 Å². The molecule has 7 heteroatoms. The molecule has 2 fully saturated rings. The molecule has 0 aromatic heterocycles. The second kappa shape index (κ2) is 16.3. The smallest absolute Gasteiger partial charge is 0.227 e. The lowest BCUT2D eigenvalue weighted by molar-refractivity contribution is -0.121. The maximum atomic E-state index is 12.3. The molecule has 2 saturated carbocycles. The summed E-state index contributed by atoms with van der Waals surface area (Å²) in [5.74, 6) is 2.08. The quantitative estimate of drug-likeness (QED) is 0.254. The van der Waals surface area contributed by atoms with Gasteiger partial charge in [0.25, 0.3) is 0 Å². The molecule has 2 aromatic rings. The first-order valence-corrected chi connectivity index (χ1v) is 16.3. The zero-order chi connectivity index (χ0) is 30.8. The highest BCUT2D eigenvalue weighted by Crippen LogP contribution is 2.33. The van der Waals surface area contributed by atoms with Crippen molar-refractivity contribution in [1.29, 1.82) is 0 Å². The lowest BCUT2D eigenvalue weighted by Gasteiger charge is -2.27. The zero-order valence-electron chi connectivity index (χ0n) is 26.7. The molecule has 0 saturated heterocycles. The van der Waals surface area contributed by atoms with Crippen LogP contribution in [0.25, 0.3) is 0 Å². The van der Waals surface area contributed by atoms with E-state index in [4.69, 9.17) is 4.74 Å². The average Bonchev–Trinajstić information content (AvgIpc) is 2.92. The molecular weight excluding hydrogens is 590 g/mol. The molecule has 0 radical (unpaired) electrons. The third kappa shape index (κ3) is 9.43. The van der Waals surface area contributed by atoms with Gasteiger partial charge in [0, 0.05) is 45.6 Å². The van der Waals surface area contributed by atoms with Gasteiger partial charge in [-0.1, -0.05) is 42.3 Å². The molecule has 0 bridgehead atoms.